The summed E-state index contributed by atoms with van der Waals surface area (Å²) in [5.74, 6) is -10.1. The van der Waals surface area contributed by atoms with Crippen molar-refractivity contribution >= 4 is 23.7 Å². The number of nitrogens with zero attached hydrogens (tertiary/aromatic N) is 5. The van der Waals surface area contributed by atoms with Crippen LogP contribution >= 0.6 is 0 Å². The zero-order valence-corrected chi connectivity index (χ0v) is 11.4. The Morgan fingerprint density at radius 3 is 2.22 bits per heavy atom. The molecule has 1 heterocycles. The number of nitro groups is 1. The Hall–Kier alpha value is -2.87. The second kappa shape index (κ2) is 6.93. The lowest BCUT2D eigenvalue weighted by Gasteiger charge is -2.22. The van der Waals surface area contributed by atoms with Crippen LogP contribution in [0.25, 0.3) is 0 Å². The number of hydrogen-bond donors (Lipinski definition) is 2. The standard InChI is InChI=1S/C9H11F2N7O5/c10-9(11,3-16-4-14-8(15-16)18(22)23)7(21)17(5(19)1-12)6(20)2-13/h4H,1-3,12-13H2. The van der Waals surface area contributed by atoms with Crippen molar-refractivity contribution in [3.8, 4) is 0 Å². The molecule has 1 aromatic heterocycles. The molecule has 0 aromatic carbocycles. The first-order valence-corrected chi connectivity index (χ1v) is 5.86. The van der Waals surface area contributed by atoms with Gasteiger partial charge < -0.3 is 21.6 Å². The maximum atomic E-state index is 13.9. The molecule has 0 aliphatic rings. The molecule has 3 amide bonds. The smallest absolute Gasteiger partial charge is 0.390 e. The van der Waals surface area contributed by atoms with Gasteiger partial charge in [-0.1, -0.05) is 4.98 Å². The van der Waals surface area contributed by atoms with Gasteiger partial charge in [-0.15, -0.1) is 0 Å². The van der Waals surface area contributed by atoms with Crippen LogP contribution in [0.2, 0.25) is 0 Å². The zero-order chi connectivity index (χ0) is 17.8. The summed E-state index contributed by atoms with van der Waals surface area (Å²) in [5.41, 5.74) is 9.90. The summed E-state index contributed by atoms with van der Waals surface area (Å²) >= 11 is 0. The lowest BCUT2D eigenvalue weighted by molar-refractivity contribution is -0.394. The van der Waals surface area contributed by atoms with Crippen LogP contribution in [0, 0.1) is 10.1 Å². The van der Waals surface area contributed by atoms with Gasteiger partial charge >= 0.3 is 17.8 Å². The molecule has 0 atom stereocenters. The molecule has 126 valence electrons. The van der Waals surface area contributed by atoms with E-state index in [4.69, 9.17) is 11.5 Å². The molecule has 0 saturated heterocycles. The third-order valence-corrected chi connectivity index (χ3v) is 2.41. The monoisotopic (exact) mass is 335 g/mol. The summed E-state index contributed by atoms with van der Waals surface area (Å²) in [6.07, 6.45) is 0.596. The molecule has 0 unspecified atom stereocenters. The Morgan fingerprint density at radius 1 is 1.30 bits per heavy atom. The number of hydrogen-bond acceptors (Lipinski definition) is 9. The lowest BCUT2D eigenvalue weighted by atomic mass is 10.2. The van der Waals surface area contributed by atoms with Crippen LogP contribution in [0.5, 0.6) is 0 Å². The van der Waals surface area contributed by atoms with E-state index in [2.05, 4.69) is 10.1 Å². The van der Waals surface area contributed by atoms with Crippen molar-refractivity contribution in [2.75, 3.05) is 13.1 Å². The first-order valence-electron chi connectivity index (χ1n) is 5.86. The van der Waals surface area contributed by atoms with Gasteiger partial charge in [-0.05, 0) is 4.92 Å². The molecule has 1 aromatic rings. The highest BCUT2D eigenvalue weighted by atomic mass is 19.3. The van der Waals surface area contributed by atoms with Gasteiger partial charge in [-0.25, -0.2) is 4.90 Å². The summed E-state index contributed by atoms with van der Waals surface area (Å²) < 4.78 is 28.2. The van der Waals surface area contributed by atoms with Crippen LogP contribution in [0.1, 0.15) is 0 Å². The Balaban J connectivity index is 3.03. The van der Waals surface area contributed by atoms with E-state index in [1.54, 1.807) is 0 Å². The van der Waals surface area contributed by atoms with Gasteiger partial charge in [0, 0.05) is 5.10 Å². The van der Waals surface area contributed by atoms with Crippen molar-refractivity contribution in [1.82, 2.24) is 19.7 Å². The Morgan fingerprint density at radius 2 is 1.83 bits per heavy atom. The second-order valence-electron chi connectivity index (χ2n) is 4.04. The molecule has 0 fully saturated rings. The molecule has 0 aliphatic heterocycles. The fourth-order valence-corrected chi connectivity index (χ4v) is 1.43. The van der Waals surface area contributed by atoms with Gasteiger partial charge in [0.05, 0.1) is 13.1 Å². The van der Waals surface area contributed by atoms with Gasteiger partial charge in [0.15, 0.2) is 0 Å². The first-order chi connectivity index (χ1) is 10.6. The molecular formula is C9H11F2N7O5. The third-order valence-electron chi connectivity index (χ3n) is 2.41. The predicted octanol–water partition coefficient (Wildman–Crippen LogP) is -2.38. The average molecular weight is 335 g/mol. The molecule has 12 nitrogen and oxygen atoms in total. The SMILES string of the molecule is NCC(=O)N(C(=O)CN)C(=O)C(F)(F)Cn1cnc([N+](=O)[O-])n1. The summed E-state index contributed by atoms with van der Waals surface area (Å²) in [6, 6.07) is 0. The Kier molecular flexibility index (Phi) is 5.47. The molecule has 0 saturated carbocycles. The van der Waals surface area contributed by atoms with Gasteiger partial charge in [-0.3, -0.25) is 14.4 Å². The van der Waals surface area contributed by atoms with Gasteiger partial charge in [0.1, 0.15) is 6.54 Å². The van der Waals surface area contributed by atoms with Crippen molar-refractivity contribution < 1.29 is 28.1 Å². The fourth-order valence-electron chi connectivity index (χ4n) is 1.43. The van der Waals surface area contributed by atoms with E-state index in [0.717, 1.165) is 0 Å². The van der Waals surface area contributed by atoms with E-state index >= 15 is 0 Å². The Labute approximate surface area is 126 Å². The molecule has 0 aliphatic carbocycles. The van der Waals surface area contributed by atoms with Crippen molar-refractivity contribution in [3.63, 3.8) is 0 Å². The molecular weight excluding hydrogens is 324 g/mol. The molecule has 4 N–H and O–H groups in total. The molecule has 14 heteroatoms. The van der Waals surface area contributed by atoms with Gasteiger partial charge in [0.25, 0.3) is 0 Å². The number of nitrogens with two attached hydrogens (primary N) is 2. The van der Waals surface area contributed by atoms with E-state index in [1.165, 1.54) is 0 Å². The zero-order valence-electron chi connectivity index (χ0n) is 11.4. The van der Waals surface area contributed by atoms with E-state index in [0.29, 0.717) is 11.0 Å². The van der Waals surface area contributed by atoms with Crippen LogP contribution in [0.15, 0.2) is 6.33 Å². The van der Waals surface area contributed by atoms with Crippen LogP contribution in [-0.2, 0) is 20.9 Å². The van der Waals surface area contributed by atoms with E-state index in [1.807, 2.05) is 0 Å². The van der Waals surface area contributed by atoms with Crippen LogP contribution in [0.4, 0.5) is 14.7 Å². The van der Waals surface area contributed by atoms with Crippen LogP contribution < -0.4 is 11.5 Å². The maximum absolute atomic E-state index is 13.9. The normalized spacial score (nSPS) is 11.1. The molecule has 0 spiro atoms. The highest BCUT2D eigenvalue weighted by Crippen LogP contribution is 2.20. The number of imide groups is 3. The number of halogens is 2. The van der Waals surface area contributed by atoms with Gasteiger partial charge in [-0.2, -0.15) is 13.5 Å². The minimum Gasteiger partial charge on any atom is -0.390 e. The van der Waals surface area contributed by atoms with E-state index < -0.39 is 54.1 Å². The molecule has 1 rings (SSSR count). The predicted molar refractivity (Wildman–Crippen MR) is 66.6 cm³/mol. The Bertz CT molecular complexity index is 630. The molecule has 0 bridgehead atoms. The summed E-state index contributed by atoms with van der Waals surface area (Å²) in [4.78, 5) is 46.6. The quantitative estimate of drug-likeness (QED) is 0.423. The summed E-state index contributed by atoms with van der Waals surface area (Å²) in [6.45, 7) is -3.22. The molecule has 0 radical (unpaired) electrons. The van der Waals surface area contributed by atoms with E-state index in [9.17, 15) is 33.3 Å². The van der Waals surface area contributed by atoms with Crippen molar-refractivity contribution in [2.24, 2.45) is 11.5 Å². The highest BCUT2D eigenvalue weighted by Gasteiger charge is 2.47. The van der Waals surface area contributed by atoms with Crippen molar-refractivity contribution in [2.45, 2.75) is 12.5 Å². The highest BCUT2D eigenvalue weighted by molar-refractivity contribution is 6.13. The second-order valence-corrected chi connectivity index (χ2v) is 4.04. The minimum absolute atomic E-state index is 0.327. The largest absolute Gasteiger partial charge is 0.490 e. The topological polar surface area (TPSA) is 180 Å². The number of rotatable bonds is 6. The number of alkyl halides is 2. The van der Waals surface area contributed by atoms with Crippen molar-refractivity contribution in [1.29, 1.82) is 0 Å². The maximum Gasteiger partial charge on any atom is 0.490 e. The van der Waals surface area contributed by atoms with E-state index in [-0.39, 0.29) is 4.90 Å². The summed E-state index contributed by atoms with van der Waals surface area (Å²) in [5, 5.41) is 13.5. The number of carbonyl (C=O) groups excluding carboxylic acids is 3. The van der Waals surface area contributed by atoms with Crippen LogP contribution in [0.3, 0.4) is 0 Å². The molecule has 23 heavy (non-hydrogen) atoms. The first kappa shape index (κ1) is 18.2. The summed E-state index contributed by atoms with van der Waals surface area (Å²) in [7, 11) is 0. The lowest BCUT2D eigenvalue weighted by Crippen LogP contribution is -2.54. The number of aromatic nitrogens is 3. The van der Waals surface area contributed by atoms with Crippen LogP contribution in [-0.4, -0.2) is 61.3 Å². The fraction of sp³-hybridized carbons (Fsp3) is 0.444. The third kappa shape index (κ3) is 4.07. The number of carbonyl (C=O) groups is 3. The number of amides is 3. The van der Waals surface area contributed by atoms with Crippen molar-refractivity contribution in [3.05, 3.63) is 16.4 Å². The average Bonchev–Trinajstić information content (AvgIpc) is 2.94. The minimum atomic E-state index is -4.28. The van der Waals surface area contributed by atoms with Gasteiger partial charge in [0.2, 0.25) is 18.1 Å².